The summed E-state index contributed by atoms with van der Waals surface area (Å²) >= 11 is 0. The molecule has 0 atom stereocenters. The molecule has 0 aliphatic carbocycles. The van der Waals surface area contributed by atoms with Crippen molar-refractivity contribution in [1.29, 1.82) is 0 Å². The molecule has 3 heterocycles. The number of hydrogen-bond acceptors (Lipinski definition) is 4. The first-order chi connectivity index (χ1) is 14.7. The van der Waals surface area contributed by atoms with E-state index >= 15 is 0 Å². The molecule has 31 heavy (non-hydrogen) atoms. The zero-order chi connectivity index (χ0) is 22.7. The highest BCUT2D eigenvalue weighted by Crippen LogP contribution is 2.19. The van der Waals surface area contributed by atoms with E-state index in [0.717, 1.165) is 0 Å². The first-order valence-corrected chi connectivity index (χ1v) is 9.27. The maximum Gasteiger partial charge on any atom is 0.272 e. The third-order valence-electron chi connectivity index (χ3n) is 4.68. The summed E-state index contributed by atoms with van der Waals surface area (Å²) in [6.07, 6.45) is 5.39. The zero-order valence-corrected chi connectivity index (χ0v) is 17.5. The molecule has 0 bridgehead atoms. The Hall–Kier alpha value is -4.28. The molecule has 162 valence electrons. The minimum Gasteiger partial charge on any atom is -0.354 e. The largest absolute Gasteiger partial charge is 0.354 e. The number of rotatable bonds is 7. The van der Waals surface area contributed by atoms with Gasteiger partial charge in [0.2, 0.25) is 6.41 Å². The standard InChI is InChI=1S/C20H23N7O4/c1-21-18(29)15-6-13(9-26(15)3)23-20(31)17-7-14(10-27(17)4)24-19(30)16-5-12(22-11-28)8-25(16)2/h5-11H,1-4H3,(H,21,29)(H,22,28)(H,23,31)(H,24,30). The minimum atomic E-state index is -0.395. The summed E-state index contributed by atoms with van der Waals surface area (Å²) in [5.74, 6) is -1.05. The Morgan fingerprint density at radius 3 is 1.52 bits per heavy atom. The molecule has 0 saturated carbocycles. The van der Waals surface area contributed by atoms with E-state index < -0.39 is 11.8 Å². The number of anilines is 3. The highest BCUT2D eigenvalue weighted by atomic mass is 16.2. The van der Waals surface area contributed by atoms with Gasteiger partial charge in [0.05, 0.1) is 17.1 Å². The molecule has 11 nitrogen and oxygen atoms in total. The molecule has 3 aromatic rings. The number of hydrogen-bond donors (Lipinski definition) is 4. The minimum absolute atomic E-state index is 0.265. The summed E-state index contributed by atoms with van der Waals surface area (Å²) < 4.78 is 4.77. The highest BCUT2D eigenvalue weighted by molar-refractivity contribution is 6.07. The van der Waals surface area contributed by atoms with Gasteiger partial charge in [0.1, 0.15) is 17.1 Å². The van der Waals surface area contributed by atoms with Crippen LogP contribution in [0.2, 0.25) is 0 Å². The van der Waals surface area contributed by atoms with Crippen LogP contribution in [-0.2, 0) is 25.9 Å². The Kier molecular flexibility index (Phi) is 5.95. The Morgan fingerprint density at radius 1 is 0.710 bits per heavy atom. The fraction of sp³-hybridized carbons (Fsp3) is 0.200. The molecule has 0 aliphatic heterocycles. The van der Waals surface area contributed by atoms with Crippen molar-refractivity contribution in [2.24, 2.45) is 21.1 Å². The molecule has 0 fully saturated rings. The van der Waals surface area contributed by atoms with Crippen molar-refractivity contribution in [2.75, 3.05) is 23.0 Å². The topological polar surface area (TPSA) is 131 Å². The van der Waals surface area contributed by atoms with Crippen molar-refractivity contribution in [3.63, 3.8) is 0 Å². The fourth-order valence-corrected chi connectivity index (χ4v) is 3.17. The smallest absolute Gasteiger partial charge is 0.272 e. The van der Waals surface area contributed by atoms with Crippen molar-refractivity contribution >= 4 is 41.2 Å². The molecule has 4 amide bonds. The zero-order valence-electron chi connectivity index (χ0n) is 17.5. The SMILES string of the molecule is CNC(=O)c1cc(NC(=O)c2cc(NC(=O)c3cc(NC=O)cn3C)cn2C)cn1C. The van der Waals surface area contributed by atoms with Crippen LogP contribution < -0.4 is 21.3 Å². The third-order valence-corrected chi connectivity index (χ3v) is 4.68. The summed E-state index contributed by atoms with van der Waals surface area (Å²) in [6.45, 7) is 0. The Labute approximate surface area is 178 Å². The molecule has 0 aliphatic rings. The van der Waals surface area contributed by atoms with Gasteiger partial charge in [-0.05, 0) is 18.2 Å². The lowest BCUT2D eigenvalue weighted by molar-refractivity contribution is -0.105. The molecule has 3 aromatic heterocycles. The van der Waals surface area contributed by atoms with Crippen LogP contribution in [0, 0.1) is 0 Å². The summed E-state index contributed by atoms with van der Waals surface area (Å²) in [5.41, 5.74) is 2.46. The number of aromatic nitrogens is 3. The predicted octanol–water partition coefficient (Wildman–Crippen LogP) is 1.13. The molecular weight excluding hydrogens is 402 g/mol. The van der Waals surface area contributed by atoms with Gasteiger partial charge in [-0.1, -0.05) is 0 Å². The Bertz CT molecular complexity index is 1170. The van der Waals surface area contributed by atoms with E-state index in [1.54, 1.807) is 71.6 Å². The summed E-state index contributed by atoms with van der Waals surface area (Å²) in [4.78, 5) is 47.7. The Morgan fingerprint density at radius 2 is 1.10 bits per heavy atom. The van der Waals surface area contributed by atoms with Gasteiger partial charge < -0.3 is 35.0 Å². The molecule has 0 saturated heterocycles. The monoisotopic (exact) mass is 425 g/mol. The van der Waals surface area contributed by atoms with Crippen LogP contribution in [0.25, 0.3) is 0 Å². The van der Waals surface area contributed by atoms with Crippen molar-refractivity contribution in [3.05, 3.63) is 53.9 Å². The molecule has 0 aromatic carbocycles. The van der Waals surface area contributed by atoms with Crippen LogP contribution in [0.3, 0.4) is 0 Å². The van der Waals surface area contributed by atoms with Gasteiger partial charge in [0, 0.05) is 46.8 Å². The lowest BCUT2D eigenvalue weighted by Gasteiger charge is -2.03. The number of nitrogens with one attached hydrogen (secondary N) is 4. The number of carbonyl (C=O) groups excluding carboxylic acids is 4. The van der Waals surface area contributed by atoms with Gasteiger partial charge in [0.25, 0.3) is 17.7 Å². The Balaban J connectivity index is 1.73. The lowest BCUT2D eigenvalue weighted by atomic mass is 10.3. The van der Waals surface area contributed by atoms with Crippen molar-refractivity contribution in [1.82, 2.24) is 19.0 Å². The second-order valence-electron chi connectivity index (χ2n) is 6.92. The predicted molar refractivity (Wildman–Crippen MR) is 115 cm³/mol. The third kappa shape index (κ3) is 4.50. The fourth-order valence-electron chi connectivity index (χ4n) is 3.17. The van der Waals surface area contributed by atoms with Gasteiger partial charge >= 0.3 is 0 Å². The average Bonchev–Trinajstić information content (AvgIpc) is 3.38. The molecule has 0 radical (unpaired) electrons. The number of aryl methyl sites for hydroxylation is 3. The van der Waals surface area contributed by atoms with Crippen LogP contribution in [0.15, 0.2) is 36.8 Å². The first-order valence-electron chi connectivity index (χ1n) is 9.27. The maximum atomic E-state index is 12.7. The van der Waals surface area contributed by atoms with E-state index in [2.05, 4.69) is 21.3 Å². The molecule has 0 spiro atoms. The lowest BCUT2D eigenvalue weighted by Crippen LogP contribution is -2.20. The normalized spacial score (nSPS) is 10.5. The summed E-state index contributed by atoms with van der Waals surface area (Å²) in [7, 11) is 6.60. The first kappa shape index (κ1) is 21.4. The van der Waals surface area contributed by atoms with Crippen LogP contribution in [0.5, 0.6) is 0 Å². The van der Waals surface area contributed by atoms with Crippen LogP contribution in [0.1, 0.15) is 31.5 Å². The summed E-state index contributed by atoms with van der Waals surface area (Å²) in [5, 5.41) is 10.5. The van der Waals surface area contributed by atoms with Crippen molar-refractivity contribution < 1.29 is 19.2 Å². The second kappa shape index (κ2) is 8.61. The molecular formula is C20H23N7O4. The molecule has 11 heteroatoms. The van der Waals surface area contributed by atoms with Gasteiger partial charge in [-0.3, -0.25) is 19.2 Å². The van der Waals surface area contributed by atoms with E-state index in [1.165, 1.54) is 7.05 Å². The van der Waals surface area contributed by atoms with E-state index in [4.69, 9.17) is 0 Å². The maximum absolute atomic E-state index is 12.7. The average molecular weight is 425 g/mol. The van der Waals surface area contributed by atoms with Gasteiger partial charge in [-0.15, -0.1) is 0 Å². The van der Waals surface area contributed by atoms with Crippen molar-refractivity contribution in [3.8, 4) is 0 Å². The van der Waals surface area contributed by atoms with E-state index in [9.17, 15) is 19.2 Å². The number of carbonyl (C=O) groups is 4. The van der Waals surface area contributed by atoms with Gasteiger partial charge in [-0.2, -0.15) is 0 Å². The van der Waals surface area contributed by atoms with Crippen molar-refractivity contribution in [2.45, 2.75) is 0 Å². The van der Waals surface area contributed by atoms with Crippen LogP contribution in [0.4, 0.5) is 17.1 Å². The molecule has 0 unspecified atom stereocenters. The highest BCUT2D eigenvalue weighted by Gasteiger charge is 2.18. The number of amides is 4. The van der Waals surface area contributed by atoms with E-state index in [-0.39, 0.29) is 5.91 Å². The van der Waals surface area contributed by atoms with Gasteiger partial charge in [0.15, 0.2) is 0 Å². The quantitative estimate of drug-likeness (QED) is 0.423. The summed E-state index contributed by atoms with van der Waals surface area (Å²) in [6, 6.07) is 4.66. The number of nitrogens with zero attached hydrogens (tertiary/aromatic N) is 3. The second-order valence-corrected chi connectivity index (χ2v) is 6.92. The van der Waals surface area contributed by atoms with Crippen LogP contribution >= 0.6 is 0 Å². The molecule has 3 rings (SSSR count). The van der Waals surface area contributed by atoms with E-state index in [1.807, 2.05) is 0 Å². The molecule has 4 N–H and O–H groups in total. The van der Waals surface area contributed by atoms with Gasteiger partial charge in [-0.25, -0.2) is 0 Å². The van der Waals surface area contributed by atoms with E-state index in [0.29, 0.717) is 40.6 Å². The van der Waals surface area contributed by atoms with Crippen LogP contribution in [-0.4, -0.2) is 44.9 Å².